The molecule has 0 aliphatic rings. The molecule has 0 aliphatic heterocycles. The molecule has 0 saturated heterocycles. The number of oxime groups is 1. The lowest BCUT2D eigenvalue weighted by molar-refractivity contribution is 0.0516. The minimum Gasteiger partial charge on any atom is -0.382 e. The summed E-state index contributed by atoms with van der Waals surface area (Å²) in [5.74, 6) is -0.799. The van der Waals surface area contributed by atoms with Gasteiger partial charge in [-0.05, 0) is 12.1 Å². The summed E-state index contributed by atoms with van der Waals surface area (Å²) in [6, 6.07) is 8.35. The number of amidine groups is 1. The van der Waals surface area contributed by atoms with E-state index in [4.69, 9.17) is 24.2 Å². The zero-order valence-electron chi connectivity index (χ0n) is 10.4. The molecule has 0 aliphatic carbocycles. The van der Waals surface area contributed by atoms with Gasteiger partial charge in [-0.15, -0.1) is 0 Å². The molecule has 1 aromatic heterocycles. The molecule has 0 saturated carbocycles. The number of rotatable bonds is 3. The van der Waals surface area contributed by atoms with Crippen LogP contribution in [0.4, 0.5) is 5.82 Å². The van der Waals surface area contributed by atoms with Crippen molar-refractivity contribution in [3.8, 4) is 0 Å². The van der Waals surface area contributed by atoms with Gasteiger partial charge in [0.1, 0.15) is 13.5 Å². The number of hydrogen-bond acceptors (Lipinski definition) is 6. The summed E-state index contributed by atoms with van der Waals surface area (Å²) in [6.45, 7) is 0. The van der Waals surface area contributed by atoms with Crippen molar-refractivity contribution in [3.05, 3.63) is 47.8 Å². The highest BCUT2D eigenvalue weighted by Gasteiger charge is 2.10. The van der Waals surface area contributed by atoms with Gasteiger partial charge in [-0.3, -0.25) is 4.98 Å². The molecule has 7 nitrogen and oxygen atoms in total. The van der Waals surface area contributed by atoms with E-state index < -0.39 is 5.97 Å². The molecule has 0 unspecified atom stereocenters. The first-order chi connectivity index (χ1) is 9.58. The molecule has 4 N–H and O–H groups in total. The van der Waals surface area contributed by atoms with Crippen LogP contribution in [0.25, 0.3) is 0 Å². The minimum atomic E-state index is -0.649. The quantitative estimate of drug-likeness (QED) is 0.250. The number of carbonyl (C=O) groups is 1. The van der Waals surface area contributed by atoms with E-state index in [0.29, 0.717) is 5.56 Å². The molecule has 0 bridgehead atoms. The molecule has 2 rings (SSSR count). The Morgan fingerprint density at radius 2 is 2.00 bits per heavy atom. The molecule has 0 spiro atoms. The lowest BCUT2D eigenvalue weighted by Crippen LogP contribution is -2.24. The molecule has 1 heterocycles. The first-order valence-electron chi connectivity index (χ1n) is 5.56. The van der Waals surface area contributed by atoms with Crippen LogP contribution in [0.15, 0.2) is 41.7 Å². The predicted octanol–water partition coefficient (Wildman–Crippen LogP) is -0.670. The fourth-order valence-electron chi connectivity index (χ4n) is 1.36. The van der Waals surface area contributed by atoms with Gasteiger partial charge in [0.15, 0.2) is 11.7 Å². The highest BCUT2D eigenvalue weighted by atomic mass is 16.7. The van der Waals surface area contributed by atoms with Gasteiger partial charge in [-0.25, -0.2) is 9.78 Å². The highest BCUT2D eigenvalue weighted by Crippen LogP contribution is 2.04. The van der Waals surface area contributed by atoms with Crippen LogP contribution >= 0.6 is 0 Å². The zero-order valence-corrected chi connectivity index (χ0v) is 10.4. The number of benzene rings is 1. The topological polar surface area (TPSA) is 116 Å². The van der Waals surface area contributed by atoms with E-state index in [9.17, 15) is 4.79 Å². The maximum Gasteiger partial charge on any atom is 0.365 e. The Morgan fingerprint density at radius 3 is 2.70 bits per heavy atom. The number of nitrogen functional groups attached to an aromatic ring is 1. The number of carbonyl (C=O) groups excluding carboxylic acids is 1. The second-order valence-corrected chi connectivity index (χ2v) is 3.75. The fraction of sp³-hybridized carbons (Fsp3) is 0. The number of aromatic nitrogens is 2. The first-order valence-corrected chi connectivity index (χ1v) is 5.56. The lowest BCUT2D eigenvalue weighted by Gasteiger charge is -2.04. The van der Waals surface area contributed by atoms with Gasteiger partial charge >= 0.3 is 5.97 Å². The second-order valence-electron chi connectivity index (χ2n) is 3.75. The lowest BCUT2D eigenvalue weighted by atomic mass is 10.1. The number of anilines is 1. The van der Waals surface area contributed by atoms with E-state index in [0.717, 1.165) is 0 Å². The Bertz CT molecular complexity index is 660. The third-order valence-corrected chi connectivity index (χ3v) is 2.30. The van der Waals surface area contributed by atoms with E-state index in [1.54, 1.807) is 30.3 Å². The van der Waals surface area contributed by atoms with Crippen molar-refractivity contribution in [1.29, 1.82) is 0 Å². The van der Waals surface area contributed by atoms with Crippen LogP contribution in [0.2, 0.25) is 0 Å². The molecule has 20 heavy (non-hydrogen) atoms. The van der Waals surface area contributed by atoms with Gasteiger partial charge in [-0.1, -0.05) is 23.4 Å². The Morgan fingerprint density at radius 1 is 1.30 bits per heavy atom. The van der Waals surface area contributed by atoms with Crippen molar-refractivity contribution in [3.63, 3.8) is 0 Å². The Kier molecular flexibility index (Phi) is 3.95. The van der Waals surface area contributed by atoms with E-state index in [1.165, 1.54) is 6.20 Å². The number of nitrogens with zero attached hydrogens (tertiary/aromatic N) is 3. The number of nitrogens with two attached hydrogens (primary N) is 2. The monoisotopic (exact) mass is 267 g/mol. The van der Waals surface area contributed by atoms with Crippen LogP contribution < -0.4 is 17.1 Å². The van der Waals surface area contributed by atoms with Gasteiger partial charge in [0.05, 0.1) is 5.56 Å². The van der Waals surface area contributed by atoms with Crippen molar-refractivity contribution >= 4 is 31.1 Å². The summed E-state index contributed by atoms with van der Waals surface area (Å²) in [7, 11) is 5.46. The molecule has 98 valence electrons. The van der Waals surface area contributed by atoms with Gasteiger partial charge < -0.3 is 16.3 Å². The molecule has 0 fully saturated rings. The summed E-state index contributed by atoms with van der Waals surface area (Å²) in [5, 5.41) is 3.48. The largest absolute Gasteiger partial charge is 0.382 e. The van der Waals surface area contributed by atoms with E-state index in [2.05, 4.69) is 15.1 Å². The fourth-order valence-corrected chi connectivity index (χ4v) is 1.36. The Balaban J connectivity index is 2.15. The summed E-state index contributed by atoms with van der Waals surface area (Å²) in [5.41, 5.74) is 11.7. The molecular weight excluding hydrogens is 257 g/mol. The molecule has 2 aromatic rings. The van der Waals surface area contributed by atoms with Gasteiger partial charge in [0, 0.05) is 11.8 Å². The van der Waals surface area contributed by atoms with E-state index in [-0.39, 0.29) is 22.9 Å². The van der Waals surface area contributed by atoms with Gasteiger partial charge in [0.25, 0.3) is 0 Å². The third-order valence-electron chi connectivity index (χ3n) is 2.30. The normalized spacial score (nSPS) is 11.1. The van der Waals surface area contributed by atoms with Gasteiger partial charge in [0.2, 0.25) is 0 Å². The molecular formula is C12H10BN5O2. The van der Waals surface area contributed by atoms with Crippen molar-refractivity contribution in [2.75, 3.05) is 5.73 Å². The van der Waals surface area contributed by atoms with E-state index >= 15 is 0 Å². The van der Waals surface area contributed by atoms with E-state index in [1.807, 2.05) is 0 Å². The SMILES string of the molecule is [B]c1cnc(N)c(/C(N)=N/OC(=O)c2ccccc2)n1. The van der Waals surface area contributed by atoms with Crippen molar-refractivity contribution in [2.45, 2.75) is 0 Å². The van der Waals surface area contributed by atoms with Crippen LogP contribution in [-0.4, -0.2) is 29.6 Å². The molecule has 0 amide bonds. The van der Waals surface area contributed by atoms with Crippen molar-refractivity contribution in [2.24, 2.45) is 10.9 Å². The summed E-state index contributed by atoms with van der Waals surface area (Å²) >= 11 is 0. The van der Waals surface area contributed by atoms with Crippen LogP contribution in [-0.2, 0) is 4.84 Å². The van der Waals surface area contributed by atoms with Gasteiger partial charge in [-0.2, -0.15) is 0 Å². The molecule has 2 radical (unpaired) electrons. The first kappa shape index (κ1) is 13.5. The standard InChI is InChI=1S/C12H10BN5O2/c13-8-6-16-10(14)9(17-8)11(15)18-20-12(19)7-4-2-1-3-5-7/h1-6H,(H2,14,16)(H2,15,18). The minimum absolute atomic E-state index is 0.0382. The number of hydrogen-bond donors (Lipinski definition) is 2. The molecule has 0 atom stereocenters. The van der Waals surface area contributed by atoms with Crippen LogP contribution in [0.3, 0.4) is 0 Å². The van der Waals surface area contributed by atoms with Crippen LogP contribution in [0.1, 0.15) is 16.1 Å². The zero-order chi connectivity index (χ0) is 14.5. The molecule has 8 heteroatoms. The summed E-state index contributed by atoms with van der Waals surface area (Å²) < 4.78 is 0. The summed E-state index contributed by atoms with van der Waals surface area (Å²) in [4.78, 5) is 24.0. The van der Waals surface area contributed by atoms with Crippen LogP contribution in [0.5, 0.6) is 0 Å². The Hall–Kier alpha value is -2.90. The molecule has 1 aromatic carbocycles. The van der Waals surface area contributed by atoms with Crippen molar-refractivity contribution in [1.82, 2.24) is 9.97 Å². The second kappa shape index (κ2) is 5.83. The van der Waals surface area contributed by atoms with Crippen LogP contribution in [0, 0.1) is 0 Å². The predicted molar refractivity (Wildman–Crippen MR) is 74.4 cm³/mol. The average molecular weight is 267 g/mol. The maximum absolute atomic E-state index is 11.7. The smallest absolute Gasteiger partial charge is 0.365 e. The maximum atomic E-state index is 11.7. The highest BCUT2D eigenvalue weighted by molar-refractivity contribution is 6.30. The Labute approximate surface area is 116 Å². The average Bonchev–Trinajstić information content (AvgIpc) is 2.47. The summed E-state index contributed by atoms with van der Waals surface area (Å²) in [6.07, 6.45) is 1.28. The third kappa shape index (κ3) is 3.11. The van der Waals surface area contributed by atoms with Crippen molar-refractivity contribution < 1.29 is 9.63 Å².